The summed E-state index contributed by atoms with van der Waals surface area (Å²) in [5.41, 5.74) is 0.0468. The normalized spacial score (nSPS) is 14.6. The average molecular weight is 512 g/mol. The van der Waals surface area contributed by atoms with E-state index in [1.807, 2.05) is 27.7 Å². The Hall–Kier alpha value is -2.07. The molecule has 9 nitrogen and oxygen atoms in total. The van der Waals surface area contributed by atoms with Crippen molar-refractivity contribution in [3.05, 3.63) is 29.6 Å². The van der Waals surface area contributed by atoms with Gasteiger partial charge in [0.2, 0.25) is 0 Å². The molecule has 1 heterocycles. The molecule has 0 aromatic carbocycles. The first-order chi connectivity index (χ1) is 17.3. The molecule has 0 saturated heterocycles. The number of ether oxygens (including phenoxy) is 6. The van der Waals surface area contributed by atoms with Crippen LogP contribution in [-0.2, 0) is 28.4 Å². The summed E-state index contributed by atoms with van der Waals surface area (Å²) in [5, 5.41) is 0. The van der Waals surface area contributed by atoms with Crippen molar-refractivity contribution in [2.24, 2.45) is 0 Å². The van der Waals surface area contributed by atoms with Crippen LogP contribution >= 0.6 is 0 Å². The van der Waals surface area contributed by atoms with Gasteiger partial charge in [0.1, 0.15) is 24.6 Å². The Labute approximate surface area is 216 Å². The van der Waals surface area contributed by atoms with Crippen LogP contribution in [0.15, 0.2) is 18.2 Å². The zero-order valence-corrected chi connectivity index (χ0v) is 22.8. The third-order valence-electron chi connectivity index (χ3n) is 5.10. The second kappa shape index (κ2) is 19.1. The monoisotopic (exact) mass is 511 g/mol. The van der Waals surface area contributed by atoms with E-state index in [4.69, 9.17) is 28.4 Å². The molecule has 0 aliphatic carbocycles. The van der Waals surface area contributed by atoms with Gasteiger partial charge in [-0.2, -0.15) is 0 Å². The molecule has 206 valence electrons. The highest BCUT2D eigenvalue weighted by molar-refractivity contribution is 5.91. The first-order valence-electron chi connectivity index (χ1n) is 13.0. The maximum Gasteiger partial charge on any atom is 0.357 e. The lowest BCUT2D eigenvalue weighted by Gasteiger charge is -2.18. The van der Waals surface area contributed by atoms with E-state index in [1.54, 1.807) is 6.07 Å². The van der Waals surface area contributed by atoms with Crippen LogP contribution < -0.4 is 0 Å². The molecular weight excluding hydrogens is 466 g/mol. The summed E-state index contributed by atoms with van der Waals surface area (Å²) >= 11 is 0. The zero-order valence-electron chi connectivity index (χ0n) is 22.8. The van der Waals surface area contributed by atoms with Crippen molar-refractivity contribution in [3.63, 3.8) is 0 Å². The summed E-state index contributed by atoms with van der Waals surface area (Å²) in [5.74, 6) is -1.28. The Morgan fingerprint density at radius 1 is 0.667 bits per heavy atom. The second-order valence-electron chi connectivity index (χ2n) is 8.96. The van der Waals surface area contributed by atoms with Crippen LogP contribution in [0.3, 0.4) is 0 Å². The summed E-state index contributed by atoms with van der Waals surface area (Å²) < 4.78 is 33.2. The van der Waals surface area contributed by atoms with Crippen LogP contribution in [0.4, 0.5) is 0 Å². The molecule has 0 spiro atoms. The molecule has 1 aromatic heterocycles. The van der Waals surface area contributed by atoms with Gasteiger partial charge in [-0.15, -0.1) is 0 Å². The van der Waals surface area contributed by atoms with E-state index in [1.165, 1.54) is 12.1 Å². The smallest absolute Gasteiger partial charge is 0.357 e. The quantitative estimate of drug-likeness (QED) is 0.183. The standard InChI is InChI=1S/C27H45NO8/c1-7-9-14-31-20(3)16-33-22(5)18-35-26(29)24-12-11-13-25(28-24)27(30)36-19-23(6)34-17-21(4)32-15-10-8-2/h11-13,20-23H,7-10,14-19H2,1-6H3. The van der Waals surface area contributed by atoms with E-state index in [2.05, 4.69) is 18.8 Å². The first kappa shape index (κ1) is 32.0. The van der Waals surface area contributed by atoms with Gasteiger partial charge in [0.05, 0.1) is 37.6 Å². The molecule has 0 saturated carbocycles. The molecule has 0 amide bonds. The molecular formula is C27H45NO8. The number of carbonyl (C=O) groups excluding carboxylic acids is 2. The van der Waals surface area contributed by atoms with Gasteiger partial charge in [-0.25, -0.2) is 14.6 Å². The summed E-state index contributed by atoms with van der Waals surface area (Å²) in [6, 6.07) is 4.53. The van der Waals surface area contributed by atoms with Crippen molar-refractivity contribution in [2.75, 3.05) is 39.6 Å². The molecule has 0 radical (unpaired) electrons. The SMILES string of the molecule is CCCCOC(C)COC(C)COC(=O)c1cccc(C(=O)OCC(C)OCC(C)OCCCC)n1. The number of aromatic nitrogens is 1. The summed E-state index contributed by atoms with van der Waals surface area (Å²) in [6.45, 7) is 14.1. The molecule has 0 N–H and O–H groups in total. The fourth-order valence-electron chi connectivity index (χ4n) is 2.85. The fourth-order valence-corrected chi connectivity index (χ4v) is 2.85. The highest BCUT2D eigenvalue weighted by atomic mass is 16.6. The molecule has 9 heteroatoms. The van der Waals surface area contributed by atoms with Crippen molar-refractivity contribution in [1.29, 1.82) is 0 Å². The summed E-state index contributed by atoms with van der Waals surface area (Å²) in [6.07, 6.45) is 3.50. The van der Waals surface area contributed by atoms with E-state index in [0.717, 1.165) is 25.7 Å². The first-order valence-corrected chi connectivity index (χ1v) is 13.0. The lowest BCUT2D eigenvalue weighted by Crippen LogP contribution is -2.26. The topological polar surface area (TPSA) is 102 Å². The molecule has 0 aliphatic heterocycles. The highest BCUT2D eigenvalue weighted by Gasteiger charge is 2.17. The van der Waals surface area contributed by atoms with Crippen molar-refractivity contribution in [3.8, 4) is 0 Å². The van der Waals surface area contributed by atoms with Gasteiger partial charge in [-0.05, 0) is 52.7 Å². The number of unbranched alkanes of at least 4 members (excludes halogenated alkanes) is 2. The minimum absolute atomic E-state index is 0.0234. The van der Waals surface area contributed by atoms with Gasteiger partial charge < -0.3 is 28.4 Å². The van der Waals surface area contributed by atoms with Crippen LogP contribution in [0.25, 0.3) is 0 Å². The van der Waals surface area contributed by atoms with Crippen molar-refractivity contribution < 1.29 is 38.0 Å². The van der Waals surface area contributed by atoms with Crippen molar-refractivity contribution in [1.82, 2.24) is 4.98 Å². The third-order valence-corrected chi connectivity index (χ3v) is 5.10. The zero-order chi connectivity index (χ0) is 26.8. The maximum absolute atomic E-state index is 12.4. The number of rotatable bonds is 20. The lowest BCUT2D eigenvalue weighted by atomic mass is 10.3. The van der Waals surface area contributed by atoms with Gasteiger partial charge in [0, 0.05) is 13.2 Å². The summed E-state index contributed by atoms with van der Waals surface area (Å²) in [7, 11) is 0. The van der Waals surface area contributed by atoms with Crippen LogP contribution in [0.1, 0.15) is 88.2 Å². The molecule has 4 unspecified atom stereocenters. The molecule has 0 fully saturated rings. The van der Waals surface area contributed by atoms with Gasteiger partial charge >= 0.3 is 11.9 Å². The van der Waals surface area contributed by atoms with E-state index in [0.29, 0.717) is 26.4 Å². The van der Waals surface area contributed by atoms with E-state index in [-0.39, 0.29) is 49.0 Å². The number of pyridine rings is 1. The second-order valence-corrected chi connectivity index (χ2v) is 8.96. The van der Waals surface area contributed by atoms with E-state index in [9.17, 15) is 9.59 Å². The van der Waals surface area contributed by atoms with Gasteiger partial charge in [-0.1, -0.05) is 32.8 Å². The molecule has 1 rings (SSSR count). The number of carbonyl (C=O) groups is 2. The van der Waals surface area contributed by atoms with Crippen molar-refractivity contribution in [2.45, 2.75) is 91.6 Å². The predicted molar refractivity (Wildman–Crippen MR) is 136 cm³/mol. The number of hydrogen-bond donors (Lipinski definition) is 0. The van der Waals surface area contributed by atoms with Crippen molar-refractivity contribution >= 4 is 11.9 Å². The van der Waals surface area contributed by atoms with Crippen LogP contribution in [0.2, 0.25) is 0 Å². The number of hydrogen-bond acceptors (Lipinski definition) is 9. The van der Waals surface area contributed by atoms with Gasteiger partial charge in [-0.3, -0.25) is 0 Å². The predicted octanol–water partition coefficient (Wildman–Crippen LogP) is 4.62. The lowest BCUT2D eigenvalue weighted by molar-refractivity contribution is -0.0506. The number of nitrogens with zero attached hydrogens (tertiary/aromatic N) is 1. The molecule has 0 bridgehead atoms. The molecule has 36 heavy (non-hydrogen) atoms. The maximum atomic E-state index is 12.4. The summed E-state index contributed by atoms with van der Waals surface area (Å²) in [4.78, 5) is 28.9. The van der Waals surface area contributed by atoms with Crippen LogP contribution in [0, 0.1) is 0 Å². The third kappa shape index (κ3) is 14.5. The Morgan fingerprint density at radius 3 is 1.44 bits per heavy atom. The minimum Gasteiger partial charge on any atom is -0.458 e. The van der Waals surface area contributed by atoms with Crippen LogP contribution in [0.5, 0.6) is 0 Å². The largest absolute Gasteiger partial charge is 0.458 e. The molecule has 0 aliphatic rings. The highest BCUT2D eigenvalue weighted by Crippen LogP contribution is 2.07. The van der Waals surface area contributed by atoms with E-state index >= 15 is 0 Å². The number of esters is 2. The Balaban J connectivity index is 2.38. The Morgan fingerprint density at radius 2 is 1.06 bits per heavy atom. The van der Waals surface area contributed by atoms with Gasteiger partial charge in [0.15, 0.2) is 0 Å². The van der Waals surface area contributed by atoms with Gasteiger partial charge in [0.25, 0.3) is 0 Å². The average Bonchev–Trinajstić information content (AvgIpc) is 2.88. The Kier molecular flexibility index (Phi) is 17.0. The van der Waals surface area contributed by atoms with E-state index < -0.39 is 11.9 Å². The minimum atomic E-state index is -0.638. The fraction of sp³-hybridized carbons (Fsp3) is 0.741. The van der Waals surface area contributed by atoms with Crippen LogP contribution in [-0.4, -0.2) is 81.0 Å². The molecule has 1 aromatic rings. The Bertz CT molecular complexity index is 687. The molecule has 4 atom stereocenters.